The molecule has 4 nitrogen and oxygen atoms in total. The largest absolute Gasteiger partial charge is 0.495 e. The van der Waals surface area contributed by atoms with E-state index in [2.05, 4.69) is 5.32 Å². The normalized spacial score (nSPS) is 11.4. The van der Waals surface area contributed by atoms with Crippen LogP contribution in [-0.4, -0.2) is 25.6 Å². The van der Waals surface area contributed by atoms with Gasteiger partial charge in [0.2, 0.25) is 0 Å². The Morgan fingerprint density at radius 3 is 2.94 bits per heavy atom. The van der Waals surface area contributed by atoms with Crippen molar-refractivity contribution >= 4 is 29.7 Å². The Balaban J connectivity index is 0.00000225. The second-order valence-corrected chi connectivity index (χ2v) is 4.26. The molecule has 0 aliphatic carbocycles. The first kappa shape index (κ1) is 15.2. The third kappa shape index (κ3) is 4.38. The van der Waals surface area contributed by atoms with Crippen LogP contribution in [0.4, 0.5) is 0 Å². The molecular formula is C10H17ClN2O2S. The van der Waals surface area contributed by atoms with Gasteiger partial charge in [0.15, 0.2) is 0 Å². The Bertz CT molecular complexity index is 328. The first-order valence-electron chi connectivity index (χ1n) is 4.80. The molecule has 0 aliphatic rings. The number of halogens is 1. The maximum Gasteiger partial charge on any atom is 0.265 e. The Labute approximate surface area is 106 Å². The van der Waals surface area contributed by atoms with Crippen molar-refractivity contribution in [3.05, 3.63) is 16.3 Å². The van der Waals surface area contributed by atoms with Crippen molar-refractivity contribution in [1.82, 2.24) is 5.32 Å². The summed E-state index contributed by atoms with van der Waals surface area (Å²) in [6.45, 7) is 2.51. The van der Waals surface area contributed by atoms with Crippen molar-refractivity contribution in [3.8, 4) is 5.75 Å². The van der Waals surface area contributed by atoms with E-state index in [9.17, 15) is 4.79 Å². The molecule has 0 radical (unpaired) electrons. The zero-order valence-corrected chi connectivity index (χ0v) is 11.0. The number of nitrogens with two attached hydrogens (primary N) is 1. The number of methoxy groups -OCH3 is 1. The van der Waals surface area contributed by atoms with Gasteiger partial charge in [0.25, 0.3) is 5.91 Å². The summed E-state index contributed by atoms with van der Waals surface area (Å²) < 4.78 is 5.06. The average molecular weight is 265 g/mol. The average Bonchev–Trinajstić information content (AvgIpc) is 2.64. The Morgan fingerprint density at radius 1 is 1.69 bits per heavy atom. The summed E-state index contributed by atoms with van der Waals surface area (Å²) in [5, 5.41) is 4.64. The van der Waals surface area contributed by atoms with Gasteiger partial charge in [0.05, 0.1) is 7.11 Å². The molecule has 92 valence electrons. The van der Waals surface area contributed by atoms with Crippen LogP contribution in [0, 0.1) is 0 Å². The number of rotatable bonds is 5. The lowest BCUT2D eigenvalue weighted by Gasteiger charge is -2.07. The molecule has 0 aromatic carbocycles. The number of nitrogens with one attached hydrogen (secondary N) is 1. The Morgan fingerprint density at radius 2 is 2.38 bits per heavy atom. The molecule has 1 rings (SSSR count). The summed E-state index contributed by atoms with van der Waals surface area (Å²) in [6, 6.07) is 1.89. The third-order valence-electron chi connectivity index (χ3n) is 1.94. The number of thiophene rings is 1. The van der Waals surface area contributed by atoms with E-state index in [1.165, 1.54) is 11.3 Å². The summed E-state index contributed by atoms with van der Waals surface area (Å²) in [5.41, 5.74) is 5.58. The summed E-state index contributed by atoms with van der Waals surface area (Å²) in [5.74, 6) is 0.529. The van der Waals surface area contributed by atoms with E-state index < -0.39 is 0 Å². The van der Waals surface area contributed by atoms with E-state index in [1.54, 1.807) is 13.2 Å². The molecule has 1 unspecified atom stereocenters. The second-order valence-electron chi connectivity index (χ2n) is 3.34. The number of amides is 1. The van der Waals surface area contributed by atoms with Crippen LogP contribution in [-0.2, 0) is 0 Å². The van der Waals surface area contributed by atoms with E-state index >= 15 is 0 Å². The van der Waals surface area contributed by atoms with E-state index in [1.807, 2.05) is 12.3 Å². The highest BCUT2D eigenvalue weighted by molar-refractivity contribution is 7.12. The van der Waals surface area contributed by atoms with Gasteiger partial charge in [-0.3, -0.25) is 4.79 Å². The fourth-order valence-corrected chi connectivity index (χ4v) is 1.89. The maximum atomic E-state index is 11.6. The van der Waals surface area contributed by atoms with Crippen LogP contribution in [0.2, 0.25) is 0 Å². The standard InChI is InChI=1S/C10H16N2O2S.ClH/c1-7(11)3-5-12-10(13)9-8(14-2)4-6-15-9;/h4,6-7H,3,5,11H2,1-2H3,(H,12,13);1H. The fraction of sp³-hybridized carbons (Fsp3) is 0.500. The van der Waals surface area contributed by atoms with Crippen molar-refractivity contribution in [1.29, 1.82) is 0 Å². The molecule has 0 saturated heterocycles. The van der Waals surface area contributed by atoms with E-state index in [0.29, 0.717) is 17.2 Å². The monoisotopic (exact) mass is 264 g/mol. The van der Waals surface area contributed by atoms with Gasteiger partial charge in [-0.25, -0.2) is 0 Å². The molecular weight excluding hydrogens is 248 g/mol. The lowest BCUT2D eigenvalue weighted by Crippen LogP contribution is -2.28. The van der Waals surface area contributed by atoms with Crippen molar-refractivity contribution in [2.75, 3.05) is 13.7 Å². The van der Waals surface area contributed by atoms with E-state index in [-0.39, 0.29) is 24.4 Å². The Hall–Kier alpha value is -0.780. The summed E-state index contributed by atoms with van der Waals surface area (Å²) in [7, 11) is 1.56. The molecule has 0 aliphatic heterocycles. The SMILES string of the molecule is COc1ccsc1C(=O)NCCC(C)N.Cl. The molecule has 1 heterocycles. The third-order valence-corrected chi connectivity index (χ3v) is 2.83. The smallest absolute Gasteiger partial charge is 0.265 e. The molecule has 1 amide bonds. The second kappa shape index (κ2) is 7.49. The molecule has 0 bridgehead atoms. The van der Waals surface area contributed by atoms with Gasteiger partial charge >= 0.3 is 0 Å². The van der Waals surface area contributed by atoms with E-state index in [0.717, 1.165) is 6.42 Å². The molecule has 0 saturated carbocycles. The minimum Gasteiger partial charge on any atom is -0.495 e. The summed E-state index contributed by atoms with van der Waals surface area (Å²) >= 11 is 1.37. The van der Waals surface area contributed by atoms with Gasteiger partial charge in [0, 0.05) is 12.6 Å². The van der Waals surface area contributed by atoms with E-state index in [4.69, 9.17) is 10.5 Å². The van der Waals surface area contributed by atoms with Crippen molar-refractivity contribution in [2.24, 2.45) is 5.73 Å². The van der Waals surface area contributed by atoms with Gasteiger partial charge in [-0.2, -0.15) is 0 Å². The maximum absolute atomic E-state index is 11.6. The highest BCUT2D eigenvalue weighted by Crippen LogP contribution is 2.23. The number of ether oxygens (including phenoxy) is 1. The van der Waals surface area contributed by atoms with Crippen LogP contribution in [0.15, 0.2) is 11.4 Å². The van der Waals surface area contributed by atoms with Crippen molar-refractivity contribution in [2.45, 2.75) is 19.4 Å². The van der Waals surface area contributed by atoms with Gasteiger partial charge in [-0.1, -0.05) is 0 Å². The van der Waals surface area contributed by atoms with Crippen molar-refractivity contribution in [3.63, 3.8) is 0 Å². The predicted molar refractivity (Wildman–Crippen MR) is 68.7 cm³/mol. The van der Waals surface area contributed by atoms with Crippen LogP contribution in [0.25, 0.3) is 0 Å². The van der Waals surface area contributed by atoms with Crippen LogP contribution in [0.3, 0.4) is 0 Å². The first-order chi connectivity index (χ1) is 7.15. The van der Waals surface area contributed by atoms with Gasteiger partial charge < -0.3 is 15.8 Å². The number of hydrogen-bond acceptors (Lipinski definition) is 4. The van der Waals surface area contributed by atoms with Gasteiger partial charge in [0.1, 0.15) is 10.6 Å². The van der Waals surface area contributed by atoms with Crippen molar-refractivity contribution < 1.29 is 9.53 Å². The first-order valence-corrected chi connectivity index (χ1v) is 5.68. The molecule has 1 atom stereocenters. The topological polar surface area (TPSA) is 64.3 Å². The summed E-state index contributed by atoms with van der Waals surface area (Å²) in [6.07, 6.45) is 0.777. The molecule has 0 spiro atoms. The van der Waals surface area contributed by atoms with Crippen LogP contribution < -0.4 is 15.8 Å². The molecule has 3 N–H and O–H groups in total. The van der Waals surface area contributed by atoms with Crippen LogP contribution >= 0.6 is 23.7 Å². The molecule has 0 fully saturated rings. The predicted octanol–water partition coefficient (Wildman–Crippen LogP) is 1.65. The molecule has 1 aromatic rings. The molecule has 16 heavy (non-hydrogen) atoms. The minimum atomic E-state index is -0.0949. The quantitative estimate of drug-likeness (QED) is 0.850. The lowest BCUT2D eigenvalue weighted by atomic mass is 10.2. The number of carbonyl (C=O) groups excluding carboxylic acids is 1. The molecule has 6 heteroatoms. The Kier molecular flexibility index (Phi) is 7.12. The number of carbonyl (C=O) groups is 1. The van der Waals surface area contributed by atoms with Gasteiger partial charge in [-0.05, 0) is 24.8 Å². The molecule has 1 aromatic heterocycles. The van der Waals surface area contributed by atoms with Crippen LogP contribution in [0.1, 0.15) is 23.0 Å². The highest BCUT2D eigenvalue weighted by Gasteiger charge is 2.12. The van der Waals surface area contributed by atoms with Gasteiger partial charge in [-0.15, -0.1) is 23.7 Å². The highest BCUT2D eigenvalue weighted by atomic mass is 35.5. The summed E-state index contributed by atoms with van der Waals surface area (Å²) in [4.78, 5) is 12.3. The zero-order chi connectivity index (χ0) is 11.3. The lowest BCUT2D eigenvalue weighted by molar-refractivity contribution is 0.0954. The van der Waals surface area contributed by atoms with Crippen LogP contribution in [0.5, 0.6) is 5.75 Å². The minimum absolute atomic E-state index is 0. The number of hydrogen-bond donors (Lipinski definition) is 2. The zero-order valence-electron chi connectivity index (χ0n) is 9.36. The fourth-order valence-electron chi connectivity index (χ4n) is 1.12.